The fourth-order valence-corrected chi connectivity index (χ4v) is 1.63. The summed E-state index contributed by atoms with van der Waals surface area (Å²) < 4.78 is 38.5. The first-order valence-corrected chi connectivity index (χ1v) is 5.69. The molecule has 0 aliphatic rings. The van der Waals surface area contributed by atoms with Crippen LogP contribution in [0, 0.1) is 0 Å². The van der Waals surface area contributed by atoms with Gasteiger partial charge in [0.15, 0.2) is 0 Å². The molecule has 0 aliphatic heterocycles. The number of hydrogen-bond donors (Lipinski definition) is 0. The van der Waals surface area contributed by atoms with Gasteiger partial charge in [-0.2, -0.15) is 13.2 Å². The van der Waals surface area contributed by atoms with E-state index in [0.717, 1.165) is 12.1 Å². The van der Waals surface area contributed by atoms with Gasteiger partial charge in [-0.15, -0.1) is 16.7 Å². The summed E-state index contributed by atoms with van der Waals surface area (Å²) in [7, 11) is 0. The van der Waals surface area contributed by atoms with Crippen LogP contribution in [0.15, 0.2) is 30.5 Å². The zero-order valence-corrected chi connectivity index (χ0v) is 9.91. The number of aryl methyl sites for hydroxylation is 1. The van der Waals surface area contributed by atoms with Crippen molar-refractivity contribution in [1.29, 1.82) is 0 Å². The van der Waals surface area contributed by atoms with E-state index < -0.39 is 11.7 Å². The largest absolute Gasteiger partial charge is 0.416 e. The van der Waals surface area contributed by atoms with Crippen molar-refractivity contribution < 1.29 is 13.2 Å². The zero-order valence-electron chi connectivity index (χ0n) is 9.15. The predicted molar refractivity (Wildman–Crippen MR) is 60.8 cm³/mol. The van der Waals surface area contributed by atoms with Gasteiger partial charge < -0.3 is 0 Å². The van der Waals surface area contributed by atoms with Crippen LogP contribution >= 0.6 is 11.6 Å². The minimum absolute atomic E-state index is 0.422. The summed E-state index contributed by atoms with van der Waals surface area (Å²) in [5.74, 6) is 0.422. The number of halogens is 4. The summed E-state index contributed by atoms with van der Waals surface area (Å²) in [6.07, 6.45) is -2.11. The van der Waals surface area contributed by atoms with Gasteiger partial charge in [-0.05, 0) is 24.3 Å². The monoisotopic (exact) mass is 275 g/mol. The summed E-state index contributed by atoms with van der Waals surface area (Å²) in [6.45, 7) is 0. The maximum Gasteiger partial charge on any atom is 0.416 e. The van der Waals surface area contributed by atoms with Gasteiger partial charge >= 0.3 is 6.18 Å². The smallest absolute Gasteiger partial charge is 0.220 e. The zero-order chi connectivity index (χ0) is 13.2. The highest BCUT2D eigenvalue weighted by Crippen LogP contribution is 2.29. The molecule has 96 valence electrons. The van der Waals surface area contributed by atoms with Gasteiger partial charge in [-0.1, -0.05) is 5.21 Å². The molecule has 0 N–H and O–H groups in total. The molecule has 2 aromatic rings. The minimum atomic E-state index is -4.33. The van der Waals surface area contributed by atoms with Gasteiger partial charge in [0.25, 0.3) is 0 Å². The van der Waals surface area contributed by atoms with Crippen molar-refractivity contribution in [1.82, 2.24) is 15.0 Å². The maximum atomic E-state index is 12.4. The van der Waals surface area contributed by atoms with Crippen molar-refractivity contribution in [2.45, 2.75) is 12.6 Å². The van der Waals surface area contributed by atoms with Crippen LogP contribution < -0.4 is 0 Å². The summed E-state index contributed by atoms with van der Waals surface area (Å²) in [4.78, 5) is 0. The third kappa shape index (κ3) is 2.81. The third-order valence-corrected chi connectivity index (χ3v) is 2.54. The molecular formula is C11H9ClF3N3. The number of rotatable bonds is 3. The first kappa shape index (κ1) is 12.9. The van der Waals surface area contributed by atoms with Crippen LogP contribution in [0.5, 0.6) is 0 Å². The molecule has 0 spiro atoms. The molecule has 0 amide bonds. The molecule has 0 atom stereocenters. The lowest BCUT2D eigenvalue weighted by Crippen LogP contribution is -2.05. The van der Waals surface area contributed by atoms with Crippen LogP contribution in [-0.4, -0.2) is 20.9 Å². The molecule has 1 aromatic carbocycles. The average Bonchev–Trinajstić information content (AvgIpc) is 2.77. The molecule has 0 bridgehead atoms. The molecular weight excluding hydrogens is 267 g/mol. The van der Waals surface area contributed by atoms with Gasteiger partial charge in [0.1, 0.15) is 0 Å². The highest BCUT2D eigenvalue weighted by atomic mass is 35.5. The van der Waals surface area contributed by atoms with Gasteiger partial charge in [0, 0.05) is 12.3 Å². The van der Waals surface area contributed by atoms with Gasteiger partial charge in [-0.25, -0.2) is 4.68 Å². The van der Waals surface area contributed by atoms with Crippen LogP contribution in [0.25, 0.3) is 5.69 Å². The van der Waals surface area contributed by atoms with E-state index in [1.54, 1.807) is 6.20 Å². The summed E-state index contributed by atoms with van der Waals surface area (Å²) in [5.41, 5.74) is 0.536. The van der Waals surface area contributed by atoms with Crippen molar-refractivity contribution in [3.63, 3.8) is 0 Å². The SMILES string of the molecule is FC(F)(F)c1ccc(-n2cc(CCCl)nn2)cc1. The van der Waals surface area contributed by atoms with E-state index in [4.69, 9.17) is 11.6 Å². The molecule has 1 aromatic heterocycles. The second kappa shape index (κ2) is 4.97. The van der Waals surface area contributed by atoms with Crippen molar-refractivity contribution in [2.24, 2.45) is 0 Å². The molecule has 2 rings (SSSR count). The Kier molecular flexibility index (Phi) is 3.56. The van der Waals surface area contributed by atoms with Crippen molar-refractivity contribution in [2.75, 3.05) is 5.88 Å². The Hall–Kier alpha value is -1.56. The molecule has 0 unspecified atom stereocenters. The van der Waals surface area contributed by atoms with E-state index in [0.29, 0.717) is 23.7 Å². The summed E-state index contributed by atoms with van der Waals surface area (Å²) in [6, 6.07) is 4.72. The quantitative estimate of drug-likeness (QED) is 0.806. The topological polar surface area (TPSA) is 30.7 Å². The van der Waals surface area contributed by atoms with Crippen LogP contribution in [0.2, 0.25) is 0 Å². The lowest BCUT2D eigenvalue weighted by Gasteiger charge is -2.07. The minimum Gasteiger partial charge on any atom is -0.220 e. The first-order chi connectivity index (χ1) is 8.50. The molecule has 0 radical (unpaired) electrons. The number of alkyl halides is 4. The summed E-state index contributed by atoms with van der Waals surface area (Å²) >= 11 is 5.56. The maximum absolute atomic E-state index is 12.4. The van der Waals surface area contributed by atoms with E-state index in [9.17, 15) is 13.2 Å². The molecule has 7 heteroatoms. The van der Waals surface area contributed by atoms with Gasteiger partial charge in [-0.3, -0.25) is 0 Å². The highest BCUT2D eigenvalue weighted by molar-refractivity contribution is 6.17. The number of hydrogen-bond acceptors (Lipinski definition) is 2. The highest BCUT2D eigenvalue weighted by Gasteiger charge is 2.30. The molecule has 0 aliphatic carbocycles. The molecule has 0 saturated heterocycles. The van der Waals surface area contributed by atoms with Crippen LogP contribution in [-0.2, 0) is 12.6 Å². The first-order valence-electron chi connectivity index (χ1n) is 5.15. The Morgan fingerprint density at radius 1 is 1.17 bits per heavy atom. The number of nitrogens with zero attached hydrogens (tertiary/aromatic N) is 3. The Morgan fingerprint density at radius 2 is 1.83 bits per heavy atom. The lowest BCUT2D eigenvalue weighted by atomic mass is 10.2. The number of benzene rings is 1. The molecule has 0 fully saturated rings. The van der Waals surface area contributed by atoms with Crippen molar-refractivity contribution in [3.05, 3.63) is 41.7 Å². The van der Waals surface area contributed by atoms with Crippen molar-refractivity contribution >= 4 is 11.6 Å². The van der Waals surface area contributed by atoms with Crippen LogP contribution in [0.1, 0.15) is 11.3 Å². The second-order valence-corrected chi connectivity index (χ2v) is 4.02. The van der Waals surface area contributed by atoms with Gasteiger partial charge in [0.2, 0.25) is 0 Å². The fraction of sp³-hybridized carbons (Fsp3) is 0.273. The standard InChI is InChI=1S/C11H9ClF3N3/c12-6-5-9-7-18(17-16-9)10-3-1-8(2-4-10)11(13,14)15/h1-4,7H,5-6H2. The van der Waals surface area contributed by atoms with Gasteiger partial charge in [0.05, 0.1) is 23.1 Å². The second-order valence-electron chi connectivity index (χ2n) is 3.64. The van der Waals surface area contributed by atoms with Crippen molar-refractivity contribution in [3.8, 4) is 5.69 Å². The van der Waals surface area contributed by atoms with E-state index in [2.05, 4.69) is 10.3 Å². The molecule has 18 heavy (non-hydrogen) atoms. The van der Waals surface area contributed by atoms with E-state index >= 15 is 0 Å². The average molecular weight is 276 g/mol. The predicted octanol–water partition coefficient (Wildman–Crippen LogP) is 3.07. The van der Waals surface area contributed by atoms with E-state index in [1.165, 1.54) is 16.8 Å². The van der Waals surface area contributed by atoms with Crippen LogP contribution in [0.4, 0.5) is 13.2 Å². The Morgan fingerprint density at radius 3 is 2.39 bits per heavy atom. The Balaban J connectivity index is 2.23. The Labute approximate surface area is 106 Å². The molecule has 0 saturated carbocycles. The normalized spacial score (nSPS) is 11.8. The number of aromatic nitrogens is 3. The van der Waals surface area contributed by atoms with E-state index in [1.807, 2.05) is 0 Å². The lowest BCUT2D eigenvalue weighted by molar-refractivity contribution is -0.137. The van der Waals surface area contributed by atoms with E-state index in [-0.39, 0.29) is 0 Å². The third-order valence-electron chi connectivity index (χ3n) is 2.35. The summed E-state index contributed by atoms with van der Waals surface area (Å²) in [5, 5.41) is 7.68. The fourth-order valence-electron chi connectivity index (χ4n) is 1.44. The van der Waals surface area contributed by atoms with Crippen LogP contribution in [0.3, 0.4) is 0 Å². The molecule has 3 nitrogen and oxygen atoms in total. The Bertz CT molecular complexity index is 519. The molecule has 1 heterocycles.